The van der Waals surface area contributed by atoms with Crippen molar-refractivity contribution in [2.75, 3.05) is 5.73 Å². The van der Waals surface area contributed by atoms with E-state index in [-0.39, 0.29) is 11.9 Å². The third-order valence-electron chi connectivity index (χ3n) is 2.61. The van der Waals surface area contributed by atoms with Gasteiger partial charge in [0.25, 0.3) is 0 Å². The molecule has 0 aliphatic carbocycles. The van der Waals surface area contributed by atoms with Crippen molar-refractivity contribution in [2.24, 2.45) is 0 Å². The largest absolute Gasteiger partial charge is 0.486 e. The fourth-order valence-electron chi connectivity index (χ4n) is 1.59. The summed E-state index contributed by atoms with van der Waals surface area (Å²) < 4.78 is 19.4. The van der Waals surface area contributed by atoms with Crippen LogP contribution in [0.25, 0.3) is 0 Å². The Morgan fingerprint density at radius 1 is 1.17 bits per heavy atom. The van der Waals surface area contributed by atoms with Gasteiger partial charge < -0.3 is 10.5 Å². The molecule has 2 aromatic rings. The van der Waals surface area contributed by atoms with Crippen molar-refractivity contribution in [1.29, 1.82) is 0 Å². The summed E-state index contributed by atoms with van der Waals surface area (Å²) in [5.74, 6) is 0.164. The number of nitrogens with two attached hydrogens (primary N) is 1. The minimum atomic E-state index is -0.336. The van der Waals surface area contributed by atoms with E-state index in [9.17, 15) is 4.39 Å². The molecule has 0 spiro atoms. The molecule has 0 saturated carbocycles. The van der Waals surface area contributed by atoms with Crippen molar-refractivity contribution < 1.29 is 9.13 Å². The van der Waals surface area contributed by atoms with Gasteiger partial charge in [-0.15, -0.1) is 0 Å². The Bertz CT molecular complexity index is 542. The highest BCUT2D eigenvalue weighted by molar-refractivity contribution is 9.10. The first-order valence-corrected chi connectivity index (χ1v) is 6.32. The highest BCUT2D eigenvalue weighted by Crippen LogP contribution is 2.25. The summed E-state index contributed by atoms with van der Waals surface area (Å²) in [4.78, 5) is 0. The van der Waals surface area contributed by atoms with E-state index in [0.29, 0.717) is 15.9 Å². The number of anilines is 1. The smallest absolute Gasteiger partial charge is 0.141 e. The SMILES string of the molecule is CC(Oc1ccc(Br)c(F)c1)c1ccc(N)cc1. The van der Waals surface area contributed by atoms with E-state index in [4.69, 9.17) is 10.5 Å². The van der Waals surface area contributed by atoms with Crippen LogP contribution in [0.3, 0.4) is 0 Å². The normalized spacial score (nSPS) is 12.2. The summed E-state index contributed by atoms with van der Waals surface area (Å²) in [5.41, 5.74) is 7.32. The van der Waals surface area contributed by atoms with Crippen LogP contribution in [-0.2, 0) is 0 Å². The van der Waals surface area contributed by atoms with E-state index in [1.807, 2.05) is 31.2 Å². The van der Waals surface area contributed by atoms with Gasteiger partial charge in [-0.2, -0.15) is 0 Å². The van der Waals surface area contributed by atoms with Crippen molar-refractivity contribution in [1.82, 2.24) is 0 Å². The third-order valence-corrected chi connectivity index (χ3v) is 3.25. The van der Waals surface area contributed by atoms with Crippen LogP contribution in [0.4, 0.5) is 10.1 Å². The van der Waals surface area contributed by atoms with Crippen molar-refractivity contribution >= 4 is 21.6 Å². The van der Waals surface area contributed by atoms with Crippen molar-refractivity contribution in [3.63, 3.8) is 0 Å². The summed E-state index contributed by atoms with van der Waals surface area (Å²) in [6.07, 6.45) is -0.161. The van der Waals surface area contributed by atoms with Crippen LogP contribution >= 0.6 is 15.9 Å². The maximum Gasteiger partial charge on any atom is 0.141 e. The summed E-state index contributed by atoms with van der Waals surface area (Å²) in [7, 11) is 0. The monoisotopic (exact) mass is 309 g/mol. The second-order valence-electron chi connectivity index (χ2n) is 4.00. The summed E-state index contributed by atoms with van der Waals surface area (Å²) in [6.45, 7) is 1.91. The quantitative estimate of drug-likeness (QED) is 0.857. The Morgan fingerprint density at radius 2 is 1.83 bits per heavy atom. The molecule has 0 fully saturated rings. The Kier molecular flexibility index (Phi) is 3.87. The van der Waals surface area contributed by atoms with E-state index in [1.165, 1.54) is 6.07 Å². The van der Waals surface area contributed by atoms with Crippen LogP contribution < -0.4 is 10.5 Å². The zero-order chi connectivity index (χ0) is 13.1. The summed E-state index contributed by atoms with van der Waals surface area (Å²) in [5, 5.41) is 0. The lowest BCUT2D eigenvalue weighted by Crippen LogP contribution is -2.03. The number of ether oxygens (including phenoxy) is 1. The summed E-state index contributed by atoms with van der Waals surface area (Å²) >= 11 is 3.10. The van der Waals surface area contributed by atoms with Crippen molar-refractivity contribution in [3.05, 3.63) is 58.3 Å². The average Bonchev–Trinajstić information content (AvgIpc) is 2.34. The molecule has 0 aliphatic rings. The molecular weight excluding hydrogens is 297 g/mol. The molecule has 2 aromatic carbocycles. The lowest BCUT2D eigenvalue weighted by Gasteiger charge is -2.15. The summed E-state index contributed by atoms with van der Waals surface area (Å²) in [6, 6.07) is 12.1. The number of hydrogen-bond donors (Lipinski definition) is 1. The van der Waals surface area contributed by atoms with Crippen LogP contribution in [0.1, 0.15) is 18.6 Å². The highest BCUT2D eigenvalue weighted by atomic mass is 79.9. The van der Waals surface area contributed by atoms with Crippen LogP contribution in [0, 0.1) is 5.82 Å². The molecule has 18 heavy (non-hydrogen) atoms. The second kappa shape index (κ2) is 5.40. The Morgan fingerprint density at radius 3 is 2.44 bits per heavy atom. The predicted octanol–water partition coefficient (Wildman–Crippen LogP) is 4.31. The van der Waals surface area contributed by atoms with Gasteiger partial charge in [0.15, 0.2) is 0 Å². The van der Waals surface area contributed by atoms with Crippen molar-refractivity contribution in [3.8, 4) is 5.75 Å². The van der Waals surface area contributed by atoms with Crippen molar-refractivity contribution in [2.45, 2.75) is 13.0 Å². The zero-order valence-corrected chi connectivity index (χ0v) is 11.4. The second-order valence-corrected chi connectivity index (χ2v) is 4.86. The first-order chi connectivity index (χ1) is 8.56. The zero-order valence-electron chi connectivity index (χ0n) is 9.86. The van der Waals surface area contributed by atoms with Gasteiger partial charge in [0.05, 0.1) is 4.47 Å². The van der Waals surface area contributed by atoms with Crippen LogP contribution in [0.15, 0.2) is 46.9 Å². The number of benzene rings is 2. The van der Waals surface area contributed by atoms with Gasteiger partial charge in [0.1, 0.15) is 17.7 Å². The fourth-order valence-corrected chi connectivity index (χ4v) is 1.84. The lowest BCUT2D eigenvalue weighted by molar-refractivity contribution is 0.226. The molecule has 4 heteroatoms. The van der Waals surface area contributed by atoms with Gasteiger partial charge in [0, 0.05) is 11.8 Å². The number of hydrogen-bond acceptors (Lipinski definition) is 2. The number of nitrogen functional groups attached to an aromatic ring is 1. The molecule has 1 unspecified atom stereocenters. The molecule has 0 bridgehead atoms. The van der Waals surface area contributed by atoms with Crippen LogP contribution in [0.5, 0.6) is 5.75 Å². The van der Waals surface area contributed by atoms with Gasteiger partial charge >= 0.3 is 0 Å². The molecule has 94 valence electrons. The van der Waals surface area contributed by atoms with Gasteiger partial charge in [0.2, 0.25) is 0 Å². The molecular formula is C14H13BrFNO. The van der Waals surface area contributed by atoms with Crippen LogP contribution in [0.2, 0.25) is 0 Å². The molecule has 0 aromatic heterocycles. The molecule has 0 radical (unpaired) electrons. The van der Waals surface area contributed by atoms with E-state index >= 15 is 0 Å². The van der Waals surface area contributed by atoms with Gasteiger partial charge in [-0.25, -0.2) is 4.39 Å². The minimum Gasteiger partial charge on any atom is -0.486 e. The topological polar surface area (TPSA) is 35.2 Å². The molecule has 1 atom stereocenters. The fraction of sp³-hybridized carbons (Fsp3) is 0.143. The van der Waals surface area contributed by atoms with Gasteiger partial charge in [-0.05, 0) is 52.7 Å². The number of halogens is 2. The van der Waals surface area contributed by atoms with Crippen LogP contribution in [-0.4, -0.2) is 0 Å². The first kappa shape index (κ1) is 12.9. The van der Waals surface area contributed by atoms with E-state index < -0.39 is 0 Å². The molecule has 2 nitrogen and oxygen atoms in total. The molecule has 0 aliphatic heterocycles. The Labute approximate surface area is 114 Å². The lowest BCUT2D eigenvalue weighted by atomic mass is 10.1. The minimum absolute atomic E-state index is 0.161. The Balaban J connectivity index is 2.13. The van der Waals surface area contributed by atoms with Gasteiger partial charge in [-0.3, -0.25) is 0 Å². The number of rotatable bonds is 3. The highest BCUT2D eigenvalue weighted by Gasteiger charge is 2.08. The standard InChI is InChI=1S/C14H13BrFNO/c1-9(10-2-4-11(17)5-3-10)18-12-6-7-13(15)14(16)8-12/h2-9H,17H2,1H3. The third kappa shape index (κ3) is 3.01. The molecule has 2 N–H and O–H groups in total. The molecule has 2 rings (SSSR count). The van der Waals surface area contributed by atoms with E-state index in [1.54, 1.807) is 12.1 Å². The van der Waals surface area contributed by atoms with E-state index in [2.05, 4.69) is 15.9 Å². The molecule has 0 amide bonds. The van der Waals surface area contributed by atoms with E-state index in [0.717, 1.165) is 5.56 Å². The van der Waals surface area contributed by atoms with Gasteiger partial charge in [-0.1, -0.05) is 12.1 Å². The molecule has 0 saturated heterocycles. The Hall–Kier alpha value is -1.55. The maximum atomic E-state index is 13.3. The first-order valence-electron chi connectivity index (χ1n) is 5.53. The molecule has 0 heterocycles. The predicted molar refractivity (Wildman–Crippen MR) is 74.0 cm³/mol. The maximum absolute atomic E-state index is 13.3. The average molecular weight is 310 g/mol.